The number of rotatable bonds is 9. The van der Waals surface area contributed by atoms with Gasteiger partial charge in [-0.1, -0.05) is 6.08 Å². The zero-order valence-electron chi connectivity index (χ0n) is 20.1. The van der Waals surface area contributed by atoms with Gasteiger partial charge in [0.25, 0.3) is 0 Å². The summed E-state index contributed by atoms with van der Waals surface area (Å²) in [5.74, 6) is -2.81. The highest BCUT2D eigenvalue weighted by atomic mass is 31.2. The molecule has 0 spiro atoms. The molecule has 0 aromatic carbocycles. The maximum Gasteiger partial charge on any atom is 0.470 e. The van der Waals surface area contributed by atoms with Crippen molar-refractivity contribution in [3.05, 3.63) is 71.8 Å². The molecule has 0 radical (unpaired) electrons. The van der Waals surface area contributed by atoms with E-state index in [0.29, 0.717) is 0 Å². The minimum Gasteiger partial charge on any atom is -0.459 e. The van der Waals surface area contributed by atoms with Gasteiger partial charge in [0.1, 0.15) is 24.9 Å². The smallest absolute Gasteiger partial charge is 0.459 e. The molecule has 3 N–H and O–H groups in total. The van der Waals surface area contributed by atoms with Crippen molar-refractivity contribution in [3.8, 4) is 0 Å². The van der Waals surface area contributed by atoms with Gasteiger partial charge in [0, 0.05) is 30.4 Å². The van der Waals surface area contributed by atoms with Gasteiger partial charge < -0.3 is 33.8 Å². The minimum absolute atomic E-state index is 0.0290. The highest BCUT2D eigenvalue weighted by Crippen LogP contribution is 2.42. The van der Waals surface area contributed by atoms with E-state index in [0.717, 1.165) is 6.20 Å². The van der Waals surface area contributed by atoms with Crippen molar-refractivity contribution in [1.29, 1.82) is 0 Å². The Hall–Kier alpha value is -3.52. The molecule has 3 heterocycles. The predicted octanol–water partition coefficient (Wildman–Crippen LogP) is 0.932. The van der Waals surface area contributed by atoms with Crippen LogP contribution in [0.2, 0.25) is 0 Å². The molecule has 0 saturated carbocycles. The molecule has 2 aromatic heterocycles. The first-order valence-corrected chi connectivity index (χ1v) is 12.6. The van der Waals surface area contributed by atoms with Crippen LogP contribution in [0.3, 0.4) is 0 Å². The van der Waals surface area contributed by atoms with Gasteiger partial charge in [0.05, 0.1) is 11.1 Å². The summed E-state index contributed by atoms with van der Waals surface area (Å²) in [7, 11) is -5.31. The number of phosphoric ester groups is 1. The molecular formula is C23H25N2O12P. The fourth-order valence-corrected chi connectivity index (χ4v) is 3.81. The van der Waals surface area contributed by atoms with E-state index in [-0.39, 0.29) is 16.7 Å². The monoisotopic (exact) mass is 552 g/mol. The minimum atomic E-state index is -5.31. The highest BCUT2D eigenvalue weighted by Gasteiger charge is 2.52. The molecule has 2 aromatic rings. The van der Waals surface area contributed by atoms with E-state index < -0.39 is 63.0 Å². The third-order valence-electron chi connectivity index (χ3n) is 5.27. The van der Waals surface area contributed by atoms with Crippen LogP contribution >= 0.6 is 7.82 Å². The Morgan fingerprint density at radius 1 is 1.03 bits per heavy atom. The number of carbonyl (C=O) groups is 3. The first kappa shape index (κ1) is 29.0. The maximum atomic E-state index is 12.8. The average Bonchev–Trinajstić information content (AvgIpc) is 2.90. The van der Waals surface area contributed by atoms with Crippen LogP contribution in [0.4, 0.5) is 0 Å². The third-order valence-corrected chi connectivity index (χ3v) is 5.79. The SMILES string of the molecule is C/C=C(\C)C(=O)OCC1OC(OC(=O)c2cccnc2)C(OC(=O)c2cccnc2)C(OP(=O)(O)O)C1O. The number of aromatic nitrogens is 2. The van der Waals surface area contributed by atoms with Gasteiger partial charge in [0.15, 0.2) is 6.10 Å². The summed E-state index contributed by atoms with van der Waals surface area (Å²) < 4.78 is 37.9. The Balaban J connectivity index is 1.94. The van der Waals surface area contributed by atoms with E-state index in [1.807, 2.05) is 0 Å². The number of aliphatic hydroxyl groups is 1. The molecule has 0 bridgehead atoms. The Kier molecular flexibility index (Phi) is 9.80. The largest absolute Gasteiger partial charge is 0.470 e. The molecule has 1 saturated heterocycles. The summed E-state index contributed by atoms with van der Waals surface area (Å²) in [5.41, 5.74) is 0.145. The van der Waals surface area contributed by atoms with Gasteiger partial charge in [-0.15, -0.1) is 0 Å². The van der Waals surface area contributed by atoms with Crippen molar-refractivity contribution in [2.45, 2.75) is 44.6 Å². The maximum absolute atomic E-state index is 12.8. The summed E-state index contributed by atoms with van der Waals surface area (Å²) in [4.78, 5) is 64.2. The molecule has 3 rings (SSSR count). The number of aliphatic hydroxyl groups excluding tert-OH is 1. The molecule has 0 amide bonds. The molecular weight excluding hydrogens is 527 g/mol. The number of pyridine rings is 2. The van der Waals surface area contributed by atoms with E-state index in [1.165, 1.54) is 55.9 Å². The van der Waals surface area contributed by atoms with Crippen LogP contribution in [-0.4, -0.2) is 80.1 Å². The van der Waals surface area contributed by atoms with Crippen LogP contribution in [0.25, 0.3) is 0 Å². The lowest BCUT2D eigenvalue weighted by atomic mass is 9.99. The second kappa shape index (κ2) is 12.8. The first-order chi connectivity index (χ1) is 18.0. The van der Waals surface area contributed by atoms with Gasteiger partial charge >= 0.3 is 25.7 Å². The Morgan fingerprint density at radius 2 is 1.61 bits per heavy atom. The number of ether oxygens (including phenoxy) is 4. The summed E-state index contributed by atoms with van der Waals surface area (Å²) in [6.45, 7) is 2.45. The van der Waals surface area contributed by atoms with Crippen LogP contribution in [0.1, 0.15) is 34.6 Å². The summed E-state index contributed by atoms with van der Waals surface area (Å²) in [6.07, 6.45) is -2.54. The van der Waals surface area contributed by atoms with Crippen molar-refractivity contribution in [3.63, 3.8) is 0 Å². The number of hydrogen-bond acceptors (Lipinski definition) is 12. The van der Waals surface area contributed by atoms with Crippen LogP contribution in [-0.2, 0) is 32.8 Å². The number of esters is 3. The lowest BCUT2D eigenvalue weighted by Crippen LogP contribution is -2.61. The summed E-state index contributed by atoms with van der Waals surface area (Å²) in [5, 5.41) is 10.9. The second-order valence-corrected chi connectivity index (χ2v) is 9.11. The molecule has 1 fully saturated rings. The van der Waals surface area contributed by atoms with Crippen molar-refractivity contribution >= 4 is 25.7 Å². The molecule has 5 atom stereocenters. The molecule has 204 valence electrons. The van der Waals surface area contributed by atoms with Crippen molar-refractivity contribution in [2.75, 3.05) is 6.61 Å². The Morgan fingerprint density at radius 3 is 2.11 bits per heavy atom. The van der Waals surface area contributed by atoms with E-state index in [4.69, 9.17) is 23.5 Å². The average molecular weight is 552 g/mol. The number of nitrogens with zero attached hydrogens (tertiary/aromatic N) is 2. The van der Waals surface area contributed by atoms with E-state index in [2.05, 4.69) is 9.97 Å². The van der Waals surface area contributed by atoms with Crippen LogP contribution in [0, 0.1) is 0 Å². The normalized spacial score (nSPS) is 23.8. The van der Waals surface area contributed by atoms with Gasteiger partial charge in [-0.2, -0.15) is 0 Å². The first-order valence-electron chi connectivity index (χ1n) is 11.1. The lowest BCUT2D eigenvalue weighted by molar-refractivity contribution is -0.282. The van der Waals surface area contributed by atoms with Crippen molar-refractivity contribution < 1.29 is 57.3 Å². The topological polar surface area (TPSA) is 201 Å². The molecule has 1 aliphatic heterocycles. The number of phosphoric acid groups is 1. The fraction of sp³-hybridized carbons (Fsp3) is 0.348. The standard InChI is InChI=1S/C23H25N2O12P/c1-3-13(2)20(27)33-12-16-17(26)18(37-38(30,31)32)19(35-21(28)14-6-4-8-24-10-14)23(34-16)36-22(29)15-7-5-9-25-11-15/h3-11,16-19,23,26H,12H2,1-2H3,(H2,30,31,32)/b13-3+. The van der Waals surface area contributed by atoms with Gasteiger partial charge in [-0.3, -0.25) is 14.5 Å². The van der Waals surface area contributed by atoms with Crippen molar-refractivity contribution in [1.82, 2.24) is 9.97 Å². The Bertz CT molecular complexity index is 1200. The number of carbonyl (C=O) groups excluding carboxylic acids is 3. The van der Waals surface area contributed by atoms with E-state index in [1.54, 1.807) is 6.92 Å². The summed E-state index contributed by atoms with van der Waals surface area (Å²) >= 11 is 0. The fourth-order valence-electron chi connectivity index (χ4n) is 3.25. The second-order valence-electron chi connectivity index (χ2n) is 7.92. The van der Waals surface area contributed by atoms with E-state index in [9.17, 15) is 33.8 Å². The summed E-state index contributed by atoms with van der Waals surface area (Å²) in [6, 6.07) is 5.60. The van der Waals surface area contributed by atoms with E-state index >= 15 is 0 Å². The van der Waals surface area contributed by atoms with Crippen LogP contribution in [0.15, 0.2) is 60.7 Å². The van der Waals surface area contributed by atoms with Crippen molar-refractivity contribution in [2.24, 2.45) is 0 Å². The van der Waals surface area contributed by atoms with Crippen LogP contribution in [0.5, 0.6) is 0 Å². The molecule has 1 aliphatic rings. The quantitative estimate of drug-likeness (QED) is 0.172. The highest BCUT2D eigenvalue weighted by molar-refractivity contribution is 7.46. The van der Waals surface area contributed by atoms with Gasteiger partial charge in [-0.25, -0.2) is 18.9 Å². The molecule has 5 unspecified atom stereocenters. The predicted molar refractivity (Wildman–Crippen MR) is 125 cm³/mol. The molecule has 15 heteroatoms. The zero-order valence-corrected chi connectivity index (χ0v) is 21.0. The Labute approximate surface area is 216 Å². The number of hydrogen-bond donors (Lipinski definition) is 3. The lowest BCUT2D eigenvalue weighted by Gasteiger charge is -2.42. The molecule has 0 aliphatic carbocycles. The molecule has 38 heavy (non-hydrogen) atoms. The number of allylic oxidation sites excluding steroid dienone is 1. The third kappa shape index (κ3) is 7.74. The van der Waals surface area contributed by atoms with Crippen LogP contribution < -0.4 is 0 Å². The zero-order chi connectivity index (χ0) is 27.9. The molecule has 14 nitrogen and oxygen atoms in total. The van der Waals surface area contributed by atoms with Gasteiger partial charge in [0.2, 0.25) is 6.29 Å². The van der Waals surface area contributed by atoms with Gasteiger partial charge in [-0.05, 0) is 38.1 Å².